The monoisotopic (exact) mass is 219 g/mol. The summed E-state index contributed by atoms with van der Waals surface area (Å²) in [7, 11) is 0. The Morgan fingerprint density at radius 2 is 2.13 bits per heavy atom. The molecule has 2 rings (SSSR count). The predicted molar refractivity (Wildman–Crippen MR) is 58.2 cm³/mol. The maximum absolute atomic E-state index is 8.89. The summed E-state index contributed by atoms with van der Waals surface area (Å²) in [6.45, 7) is 3.88. The first-order chi connectivity index (χ1) is 7.31. The van der Waals surface area contributed by atoms with Crippen LogP contribution < -0.4 is 0 Å². The molecule has 0 aliphatic rings. The van der Waals surface area contributed by atoms with Crippen molar-refractivity contribution in [1.82, 2.24) is 15.0 Å². The van der Waals surface area contributed by atoms with Gasteiger partial charge in [-0.1, -0.05) is 6.58 Å². The Morgan fingerprint density at radius 3 is 2.73 bits per heavy atom. The summed E-state index contributed by atoms with van der Waals surface area (Å²) in [5.41, 5.74) is 2.28. The van der Waals surface area contributed by atoms with Crippen molar-refractivity contribution >= 4 is 16.9 Å². The first kappa shape index (κ1) is 9.95. The Balaban J connectivity index is 2.29. The Morgan fingerprint density at radius 1 is 1.40 bits per heavy atom. The second-order valence-corrected chi connectivity index (χ2v) is 3.77. The zero-order chi connectivity index (χ0) is 10.7. The average molecular weight is 219 g/mol. The normalized spacial score (nSPS) is 10.2. The van der Waals surface area contributed by atoms with Gasteiger partial charge in [-0.3, -0.25) is 0 Å². The van der Waals surface area contributed by atoms with E-state index in [4.69, 9.17) is 5.11 Å². The van der Waals surface area contributed by atoms with Crippen molar-refractivity contribution in [2.75, 3.05) is 0 Å². The fraction of sp³-hybridized carbons (Fsp3) is 0.100. The molecule has 1 N–H and O–H groups in total. The highest BCUT2D eigenvalue weighted by atomic mass is 32.1. The number of hydrogen-bond donors (Lipinski definition) is 1. The van der Waals surface area contributed by atoms with E-state index in [0.29, 0.717) is 5.69 Å². The van der Waals surface area contributed by atoms with Gasteiger partial charge in [-0.15, -0.1) is 11.3 Å². The van der Waals surface area contributed by atoms with Crippen molar-refractivity contribution in [1.29, 1.82) is 0 Å². The molecule has 4 nitrogen and oxygen atoms in total. The van der Waals surface area contributed by atoms with Gasteiger partial charge in [0, 0.05) is 28.9 Å². The van der Waals surface area contributed by atoms with Gasteiger partial charge in [-0.25, -0.2) is 15.0 Å². The highest BCUT2D eigenvalue weighted by molar-refractivity contribution is 7.10. The van der Waals surface area contributed by atoms with Gasteiger partial charge in [0.1, 0.15) is 11.3 Å². The highest BCUT2D eigenvalue weighted by Gasteiger charge is 2.07. The number of nitrogens with zero attached hydrogens (tertiary/aromatic N) is 3. The van der Waals surface area contributed by atoms with Crippen LogP contribution in [0.2, 0.25) is 0 Å². The lowest BCUT2D eigenvalue weighted by Gasteiger charge is -1.99. The lowest BCUT2D eigenvalue weighted by Crippen LogP contribution is -1.89. The lowest BCUT2D eigenvalue weighted by atomic mass is 10.2. The van der Waals surface area contributed by atoms with E-state index in [-0.39, 0.29) is 6.61 Å². The average Bonchev–Trinajstić information content (AvgIpc) is 2.78. The van der Waals surface area contributed by atoms with E-state index in [1.54, 1.807) is 12.4 Å². The molecular weight excluding hydrogens is 210 g/mol. The minimum absolute atomic E-state index is 0.0466. The molecule has 0 aliphatic heterocycles. The van der Waals surface area contributed by atoms with Gasteiger partial charge in [-0.05, 0) is 0 Å². The first-order valence-electron chi connectivity index (χ1n) is 4.31. The summed E-state index contributed by atoms with van der Waals surface area (Å²) in [4.78, 5) is 12.0. The van der Waals surface area contributed by atoms with Crippen molar-refractivity contribution in [3.63, 3.8) is 0 Å². The number of rotatable bonds is 3. The Bertz CT molecular complexity index is 467. The predicted octanol–water partition coefficient (Wildman–Crippen LogP) is 1.49. The van der Waals surface area contributed by atoms with Crippen LogP contribution in [-0.2, 0) is 6.61 Å². The SMILES string of the molecule is C=C(c1cncnc1)c1nc(CO)cs1. The first-order valence-corrected chi connectivity index (χ1v) is 5.19. The minimum atomic E-state index is -0.0466. The molecule has 5 heteroatoms. The summed E-state index contributed by atoms with van der Waals surface area (Å²) >= 11 is 1.45. The number of aliphatic hydroxyl groups excluding tert-OH is 1. The molecule has 0 saturated heterocycles. The molecule has 76 valence electrons. The van der Waals surface area contributed by atoms with Crippen LogP contribution in [-0.4, -0.2) is 20.1 Å². The fourth-order valence-electron chi connectivity index (χ4n) is 1.10. The zero-order valence-electron chi connectivity index (χ0n) is 7.92. The molecule has 2 heterocycles. The Labute approximate surface area is 91.0 Å². The molecule has 15 heavy (non-hydrogen) atoms. The van der Waals surface area contributed by atoms with Crippen LogP contribution in [0, 0.1) is 0 Å². The topological polar surface area (TPSA) is 58.9 Å². The number of hydrogen-bond acceptors (Lipinski definition) is 5. The third-order valence-electron chi connectivity index (χ3n) is 1.88. The van der Waals surface area contributed by atoms with E-state index in [9.17, 15) is 0 Å². The van der Waals surface area contributed by atoms with Crippen molar-refractivity contribution < 1.29 is 5.11 Å². The number of aliphatic hydroxyl groups is 1. The standard InChI is InChI=1S/C10H9N3OS/c1-7(8-2-11-6-12-3-8)10-13-9(4-14)5-15-10/h2-3,5-6,14H,1,4H2. The molecule has 0 amide bonds. The Kier molecular flexibility index (Phi) is 2.84. The fourth-order valence-corrected chi connectivity index (χ4v) is 1.90. The molecule has 0 atom stereocenters. The molecular formula is C10H9N3OS. The maximum Gasteiger partial charge on any atom is 0.123 e. The van der Waals surface area contributed by atoms with E-state index in [1.165, 1.54) is 17.7 Å². The van der Waals surface area contributed by atoms with Crippen LogP contribution in [0.3, 0.4) is 0 Å². The van der Waals surface area contributed by atoms with Crippen molar-refractivity contribution in [3.8, 4) is 0 Å². The molecule has 0 aromatic carbocycles. The van der Waals surface area contributed by atoms with E-state index in [1.807, 2.05) is 5.38 Å². The molecule has 0 saturated carbocycles. The quantitative estimate of drug-likeness (QED) is 0.849. The number of aromatic nitrogens is 3. The summed E-state index contributed by atoms with van der Waals surface area (Å²) in [5.74, 6) is 0. The number of thiazole rings is 1. The van der Waals surface area contributed by atoms with Crippen LogP contribution >= 0.6 is 11.3 Å². The largest absolute Gasteiger partial charge is 0.390 e. The molecule has 0 spiro atoms. The summed E-state index contributed by atoms with van der Waals surface area (Å²) < 4.78 is 0. The van der Waals surface area contributed by atoms with Gasteiger partial charge >= 0.3 is 0 Å². The summed E-state index contributed by atoms with van der Waals surface area (Å²) in [6.07, 6.45) is 4.85. The van der Waals surface area contributed by atoms with Gasteiger partial charge < -0.3 is 5.11 Å². The molecule has 0 unspecified atom stereocenters. The van der Waals surface area contributed by atoms with Crippen molar-refractivity contribution in [2.45, 2.75) is 6.61 Å². The summed E-state index contributed by atoms with van der Waals surface area (Å²) in [6, 6.07) is 0. The highest BCUT2D eigenvalue weighted by Crippen LogP contribution is 2.23. The van der Waals surface area contributed by atoms with Crippen LogP contribution in [0.25, 0.3) is 5.57 Å². The van der Waals surface area contributed by atoms with Gasteiger partial charge in [0.05, 0.1) is 12.3 Å². The smallest absolute Gasteiger partial charge is 0.123 e. The second-order valence-electron chi connectivity index (χ2n) is 2.91. The van der Waals surface area contributed by atoms with Gasteiger partial charge in [0.15, 0.2) is 0 Å². The lowest BCUT2D eigenvalue weighted by molar-refractivity contribution is 0.277. The zero-order valence-corrected chi connectivity index (χ0v) is 8.74. The molecule has 0 fully saturated rings. The van der Waals surface area contributed by atoms with Crippen LogP contribution in [0.5, 0.6) is 0 Å². The third-order valence-corrected chi connectivity index (χ3v) is 2.83. The van der Waals surface area contributed by atoms with E-state index in [2.05, 4.69) is 21.5 Å². The van der Waals surface area contributed by atoms with E-state index < -0.39 is 0 Å². The van der Waals surface area contributed by atoms with E-state index in [0.717, 1.165) is 16.1 Å². The molecule has 0 bridgehead atoms. The summed E-state index contributed by atoms with van der Waals surface area (Å²) in [5, 5.41) is 11.5. The van der Waals surface area contributed by atoms with E-state index >= 15 is 0 Å². The van der Waals surface area contributed by atoms with Gasteiger partial charge in [0.2, 0.25) is 0 Å². The van der Waals surface area contributed by atoms with Crippen LogP contribution in [0.4, 0.5) is 0 Å². The third kappa shape index (κ3) is 2.08. The van der Waals surface area contributed by atoms with Crippen molar-refractivity contribution in [3.05, 3.63) is 46.9 Å². The van der Waals surface area contributed by atoms with Crippen LogP contribution in [0.15, 0.2) is 30.7 Å². The van der Waals surface area contributed by atoms with Crippen molar-refractivity contribution in [2.24, 2.45) is 0 Å². The Hall–Kier alpha value is -1.59. The molecule has 2 aromatic heterocycles. The second kappa shape index (κ2) is 4.29. The van der Waals surface area contributed by atoms with Gasteiger partial charge in [0.25, 0.3) is 0 Å². The van der Waals surface area contributed by atoms with Gasteiger partial charge in [-0.2, -0.15) is 0 Å². The minimum Gasteiger partial charge on any atom is -0.390 e. The molecule has 0 radical (unpaired) electrons. The maximum atomic E-state index is 8.89. The van der Waals surface area contributed by atoms with Crippen LogP contribution in [0.1, 0.15) is 16.3 Å². The molecule has 2 aromatic rings. The molecule has 0 aliphatic carbocycles.